The Kier molecular flexibility index (Phi) is 5.95. The number of nitrogens with one attached hydrogen (secondary N) is 3. The zero-order valence-corrected chi connectivity index (χ0v) is 13.4. The summed E-state index contributed by atoms with van der Waals surface area (Å²) in [6.07, 6.45) is 2.68. The smallest absolute Gasteiger partial charge is 0.228 e. The molecule has 1 aliphatic rings. The van der Waals surface area contributed by atoms with Crippen molar-refractivity contribution in [2.45, 2.75) is 45.6 Å². The van der Waals surface area contributed by atoms with Gasteiger partial charge in [-0.2, -0.15) is 0 Å². The van der Waals surface area contributed by atoms with Crippen LogP contribution in [0.1, 0.15) is 37.8 Å². The van der Waals surface area contributed by atoms with Crippen LogP contribution in [0.15, 0.2) is 18.2 Å². The van der Waals surface area contributed by atoms with E-state index in [0.29, 0.717) is 25.4 Å². The summed E-state index contributed by atoms with van der Waals surface area (Å²) in [6.45, 7) is 5.69. The molecule has 2 rings (SSSR count). The van der Waals surface area contributed by atoms with E-state index >= 15 is 0 Å². The predicted molar refractivity (Wildman–Crippen MR) is 87.9 cm³/mol. The number of fused-ring (bicyclic) bond motifs is 1. The highest BCUT2D eigenvalue weighted by molar-refractivity contribution is 5.99. The molecule has 0 spiro atoms. The van der Waals surface area contributed by atoms with Gasteiger partial charge in [-0.15, -0.1) is 0 Å². The van der Waals surface area contributed by atoms with Crippen LogP contribution in [0, 0.1) is 0 Å². The minimum atomic E-state index is 0.0568. The lowest BCUT2D eigenvalue weighted by atomic mass is 10.0. The van der Waals surface area contributed by atoms with Gasteiger partial charge in [0, 0.05) is 24.7 Å². The third-order valence-corrected chi connectivity index (χ3v) is 3.82. The Morgan fingerprint density at radius 1 is 1.41 bits per heavy atom. The molecule has 120 valence electrons. The minimum Gasteiger partial charge on any atom is -0.355 e. The number of amides is 2. The molecular weight excluding hydrogens is 278 g/mol. The SMILES string of the molecule is CCN[C@H](C)CNC(=O)CCCc1ccc2c(c1)CC(=O)N2. The van der Waals surface area contributed by atoms with Crippen molar-refractivity contribution in [3.63, 3.8) is 0 Å². The second-order valence-corrected chi connectivity index (χ2v) is 5.83. The molecule has 0 aromatic heterocycles. The Labute approximate surface area is 131 Å². The van der Waals surface area contributed by atoms with Gasteiger partial charge in [-0.3, -0.25) is 9.59 Å². The number of anilines is 1. The molecule has 0 saturated heterocycles. The van der Waals surface area contributed by atoms with Crippen molar-refractivity contribution in [1.29, 1.82) is 0 Å². The molecular formula is C17H25N3O2. The molecule has 0 aliphatic carbocycles. The molecule has 22 heavy (non-hydrogen) atoms. The van der Waals surface area contributed by atoms with Crippen molar-refractivity contribution in [3.8, 4) is 0 Å². The molecule has 3 N–H and O–H groups in total. The van der Waals surface area contributed by atoms with Crippen LogP contribution >= 0.6 is 0 Å². The number of hydrogen-bond acceptors (Lipinski definition) is 3. The first-order valence-corrected chi connectivity index (χ1v) is 8.00. The predicted octanol–water partition coefficient (Wildman–Crippen LogP) is 1.62. The Bertz CT molecular complexity index is 543. The number of benzene rings is 1. The van der Waals surface area contributed by atoms with Crippen LogP contribution in [-0.4, -0.2) is 30.9 Å². The summed E-state index contributed by atoms with van der Waals surface area (Å²) >= 11 is 0. The molecule has 5 heteroatoms. The van der Waals surface area contributed by atoms with Gasteiger partial charge in [0.15, 0.2) is 0 Å². The molecule has 1 aromatic carbocycles. The number of carbonyl (C=O) groups is 2. The van der Waals surface area contributed by atoms with E-state index in [9.17, 15) is 9.59 Å². The monoisotopic (exact) mass is 303 g/mol. The van der Waals surface area contributed by atoms with Gasteiger partial charge in [0.05, 0.1) is 6.42 Å². The van der Waals surface area contributed by atoms with Crippen molar-refractivity contribution in [1.82, 2.24) is 10.6 Å². The van der Waals surface area contributed by atoms with Crippen LogP contribution in [0.3, 0.4) is 0 Å². The van der Waals surface area contributed by atoms with Gasteiger partial charge in [0.2, 0.25) is 11.8 Å². The van der Waals surface area contributed by atoms with Crippen molar-refractivity contribution in [2.75, 3.05) is 18.4 Å². The van der Waals surface area contributed by atoms with Gasteiger partial charge >= 0.3 is 0 Å². The average Bonchev–Trinajstić information content (AvgIpc) is 2.85. The molecule has 0 saturated carbocycles. The topological polar surface area (TPSA) is 70.2 Å². The molecule has 0 fully saturated rings. The number of hydrogen-bond donors (Lipinski definition) is 3. The van der Waals surface area contributed by atoms with Crippen LogP contribution in [0.4, 0.5) is 5.69 Å². The van der Waals surface area contributed by atoms with Gasteiger partial charge in [-0.05, 0) is 43.5 Å². The second kappa shape index (κ2) is 7.94. The standard InChI is InChI=1S/C17H25N3O2/c1-3-18-12(2)11-19-16(21)6-4-5-13-7-8-15-14(9-13)10-17(22)20-15/h7-9,12,18H,3-6,10-11H2,1-2H3,(H,19,21)(H,20,22)/t12-/m1/s1. The maximum Gasteiger partial charge on any atom is 0.228 e. The molecule has 0 unspecified atom stereocenters. The van der Waals surface area contributed by atoms with Crippen molar-refractivity contribution in [2.24, 2.45) is 0 Å². The summed E-state index contributed by atoms with van der Waals surface area (Å²) in [5.41, 5.74) is 3.17. The minimum absolute atomic E-state index is 0.0568. The van der Waals surface area contributed by atoms with E-state index in [1.165, 1.54) is 5.56 Å². The molecule has 1 atom stereocenters. The van der Waals surface area contributed by atoms with E-state index in [-0.39, 0.29) is 11.8 Å². The molecule has 5 nitrogen and oxygen atoms in total. The van der Waals surface area contributed by atoms with Gasteiger partial charge in [-0.25, -0.2) is 0 Å². The molecule has 0 radical (unpaired) electrons. The molecule has 1 aliphatic heterocycles. The van der Waals surface area contributed by atoms with E-state index in [1.807, 2.05) is 12.1 Å². The highest BCUT2D eigenvalue weighted by Gasteiger charge is 2.17. The van der Waals surface area contributed by atoms with Crippen LogP contribution in [0.5, 0.6) is 0 Å². The van der Waals surface area contributed by atoms with Crippen molar-refractivity contribution in [3.05, 3.63) is 29.3 Å². The van der Waals surface area contributed by atoms with Gasteiger partial charge in [-0.1, -0.05) is 19.1 Å². The maximum atomic E-state index is 11.8. The summed E-state index contributed by atoms with van der Waals surface area (Å²) in [6, 6.07) is 6.34. The van der Waals surface area contributed by atoms with Gasteiger partial charge in [0.25, 0.3) is 0 Å². The van der Waals surface area contributed by atoms with Gasteiger partial charge < -0.3 is 16.0 Å². The molecule has 1 heterocycles. The third kappa shape index (κ3) is 4.84. The third-order valence-electron chi connectivity index (χ3n) is 3.82. The molecule has 1 aromatic rings. The lowest BCUT2D eigenvalue weighted by Gasteiger charge is -2.13. The van der Waals surface area contributed by atoms with E-state index < -0.39 is 0 Å². The molecule has 0 bridgehead atoms. The summed E-state index contributed by atoms with van der Waals surface area (Å²) in [7, 11) is 0. The first-order chi connectivity index (χ1) is 10.6. The Balaban J connectivity index is 1.69. The zero-order valence-electron chi connectivity index (χ0n) is 13.4. The van der Waals surface area contributed by atoms with E-state index in [0.717, 1.165) is 30.6 Å². The van der Waals surface area contributed by atoms with Crippen LogP contribution < -0.4 is 16.0 Å². The second-order valence-electron chi connectivity index (χ2n) is 5.83. The van der Waals surface area contributed by atoms with E-state index in [4.69, 9.17) is 0 Å². The summed E-state index contributed by atoms with van der Waals surface area (Å²) in [5, 5.41) is 9.03. The van der Waals surface area contributed by atoms with Crippen LogP contribution in [-0.2, 0) is 22.4 Å². The summed E-state index contributed by atoms with van der Waals surface area (Å²) in [4.78, 5) is 23.1. The normalized spacial score (nSPS) is 14.4. The fraction of sp³-hybridized carbons (Fsp3) is 0.529. The largest absolute Gasteiger partial charge is 0.355 e. The first kappa shape index (κ1) is 16.5. The van der Waals surface area contributed by atoms with Crippen LogP contribution in [0.25, 0.3) is 0 Å². The summed E-state index contributed by atoms with van der Waals surface area (Å²) < 4.78 is 0. The Hall–Kier alpha value is -1.88. The number of aryl methyl sites for hydroxylation is 1. The average molecular weight is 303 g/mol. The number of rotatable bonds is 8. The van der Waals surface area contributed by atoms with Crippen molar-refractivity contribution >= 4 is 17.5 Å². The van der Waals surface area contributed by atoms with E-state index in [1.54, 1.807) is 0 Å². The lowest BCUT2D eigenvalue weighted by Crippen LogP contribution is -2.38. The first-order valence-electron chi connectivity index (χ1n) is 8.00. The van der Waals surface area contributed by atoms with Crippen molar-refractivity contribution < 1.29 is 9.59 Å². The Morgan fingerprint density at radius 3 is 3.00 bits per heavy atom. The Morgan fingerprint density at radius 2 is 2.23 bits per heavy atom. The summed E-state index contributed by atoms with van der Waals surface area (Å²) in [5.74, 6) is 0.157. The fourth-order valence-electron chi connectivity index (χ4n) is 2.67. The van der Waals surface area contributed by atoms with Gasteiger partial charge in [0.1, 0.15) is 0 Å². The molecule has 2 amide bonds. The number of carbonyl (C=O) groups excluding carboxylic acids is 2. The van der Waals surface area contributed by atoms with Crippen LogP contribution in [0.2, 0.25) is 0 Å². The fourth-order valence-corrected chi connectivity index (χ4v) is 2.67. The highest BCUT2D eigenvalue weighted by atomic mass is 16.2. The zero-order chi connectivity index (χ0) is 15.9. The number of likely N-dealkylation sites (N-methyl/N-ethyl adjacent to an activating group) is 1. The quantitative estimate of drug-likeness (QED) is 0.683. The highest BCUT2D eigenvalue weighted by Crippen LogP contribution is 2.24. The lowest BCUT2D eigenvalue weighted by molar-refractivity contribution is -0.121. The van der Waals surface area contributed by atoms with E-state index in [2.05, 4.69) is 35.9 Å². The maximum absolute atomic E-state index is 11.8.